The molecular weight excluding hydrogens is 208 g/mol. The van der Waals surface area contributed by atoms with Crippen molar-refractivity contribution in [1.82, 2.24) is 0 Å². The molecule has 7 heteroatoms. The maximum absolute atomic E-state index is 11.1. The first-order valence-corrected chi connectivity index (χ1v) is 3.70. The Morgan fingerprint density at radius 3 is 1.53 bits per heavy atom. The molecule has 80 valence electrons. The molecule has 15 heavy (non-hydrogen) atoms. The lowest BCUT2D eigenvalue weighted by Crippen LogP contribution is -2.16. The molecule has 1 aliphatic rings. The molecule has 0 unspecified atom stereocenters. The minimum Gasteiger partial charge on any atom is -0.465 e. The Morgan fingerprint density at radius 1 is 0.933 bits per heavy atom. The summed E-state index contributed by atoms with van der Waals surface area (Å²) in [5, 5.41) is 0. The molecule has 0 bridgehead atoms. The highest BCUT2D eigenvalue weighted by atomic mass is 16.6. The average molecular weight is 214 g/mol. The van der Waals surface area contributed by atoms with Crippen LogP contribution in [0.4, 0.5) is 0 Å². The van der Waals surface area contributed by atoms with Crippen molar-refractivity contribution in [3.8, 4) is 0 Å². The molecule has 7 nitrogen and oxygen atoms in total. The van der Waals surface area contributed by atoms with Crippen LogP contribution < -0.4 is 0 Å². The van der Waals surface area contributed by atoms with Crippen LogP contribution in [0, 0.1) is 0 Å². The molecule has 0 aliphatic carbocycles. The minimum atomic E-state index is -1.22. The Kier molecular flexibility index (Phi) is 2.84. The van der Waals surface area contributed by atoms with Gasteiger partial charge in [0.05, 0.1) is 14.2 Å². The van der Waals surface area contributed by atoms with Gasteiger partial charge in [0.25, 0.3) is 0 Å². The number of rotatable bonds is 2. The molecule has 1 rings (SSSR count). The Labute approximate surface area is 83.6 Å². The predicted octanol–water partition coefficient (Wildman–Crippen LogP) is -1.29. The van der Waals surface area contributed by atoms with Crippen molar-refractivity contribution in [3.05, 3.63) is 11.1 Å². The van der Waals surface area contributed by atoms with E-state index >= 15 is 0 Å². The average Bonchev–Trinajstić information content (AvgIpc) is 2.51. The van der Waals surface area contributed by atoms with Crippen LogP contribution in [-0.4, -0.2) is 38.1 Å². The van der Waals surface area contributed by atoms with Gasteiger partial charge in [0.2, 0.25) is 0 Å². The van der Waals surface area contributed by atoms with Gasteiger partial charge in [-0.05, 0) is 0 Å². The number of carbonyl (C=O) groups excluding carboxylic acids is 4. The predicted molar refractivity (Wildman–Crippen MR) is 42.2 cm³/mol. The normalized spacial score (nSPS) is 15.1. The van der Waals surface area contributed by atoms with E-state index in [0.717, 1.165) is 14.2 Å². The van der Waals surface area contributed by atoms with Crippen molar-refractivity contribution >= 4 is 23.9 Å². The van der Waals surface area contributed by atoms with E-state index in [1.807, 2.05) is 0 Å². The zero-order chi connectivity index (χ0) is 11.6. The van der Waals surface area contributed by atoms with Crippen molar-refractivity contribution in [3.63, 3.8) is 0 Å². The van der Waals surface area contributed by atoms with E-state index < -0.39 is 35.0 Å². The fraction of sp³-hybridized carbons (Fsp3) is 0.250. The number of methoxy groups -OCH3 is 2. The highest BCUT2D eigenvalue weighted by Gasteiger charge is 2.42. The topological polar surface area (TPSA) is 96.0 Å². The van der Waals surface area contributed by atoms with Crippen LogP contribution >= 0.6 is 0 Å². The second-order valence-electron chi connectivity index (χ2n) is 2.41. The van der Waals surface area contributed by atoms with E-state index in [2.05, 4.69) is 14.2 Å². The molecule has 1 aliphatic heterocycles. The zero-order valence-corrected chi connectivity index (χ0v) is 7.86. The molecular formula is C8H6O7. The summed E-state index contributed by atoms with van der Waals surface area (Å²) in [5.41, 5.74) is -1.48. The van der Waals surface area contributed by atoms with E-state index in [9.17, 15) is 19.2 Å². The van der Waals surface area contributed by atoms with Gasteiger partial charge in [-0.25, -0.2) is 19.2 Å². The summed E-state index contributed by atoms with van der Waals surface area (Å²) in [6, 6.07) is 0. The molecule has 0 atom stereocenters. The molecule has 0 aromatic carbocycles. The molecule has 1 heterocycles. The number of ether oxygens (including phenoxy) is 3. The van der Waals surface area contributed by atoms with E-state index in [4.69, 9.17) is 0 Å². The smallest absolute Gasteiger partial charge is 0.354 e. The molecule has 0 fully saturated rings. The fourth-order valence-electron chi connectivity index (χ4n) is 0.965. The highest BCUT2D eigenvalue weighted by Crippen LogP contribution is 2.19. The SMILES string of the molecule is COC(=O)C1=C(C(=O)OC)C(=O)OC1=O. The Bertz CT molecular complexity index is 354. The van der Waals surface area contributed by atoms with Crippen molar-refractivity contribution in [1.29, 1.82) is 0 Å². The van der Waals surface area contributed by atoms with Crippen LogP contribution in [0.5, 0.6) is 0 Å². The third-order valence-corrected chi connectivity index (χ3v) is 1.62. The first kappa shape index (κ1) is 10.9. The standard InChI is InChI=1S/C8H6O7/c1-13-5(9)3-4(6(10)14-2)8(12)15-7(3)11/h1-2H3. The van der Waals surface area contributed by atoms with E-state index in [0.29, 0.717) is 0 Å². The van der Waals surface area contributed by atoms with Gasteiger partial charge in [0.1, 0.15) is 0 Å². The quantitative estimate of drug-likeness (QED) is 0.244. The summed E-state index contributed by atoms with van der Waals surface area (Å²) in [5.74, 6) is -4.67. The van der Waals surface area contributed by atoms with Gasteiger partial charge >= 0.3 is 23.9 Å². The van der Waals surface area contributed by atoms with Crippen LogP contribution in [0.2, 0.25) is 0 Å². The highest BCUT2D eigenvalue weighted by molar-refractivity contribution is 6.34. The van der Waals surface area contributed by atoms with Gasteiger partial charge in [0, 0.05) is 0 Å². The zero-order valence-electron chi connectivity index (χ0n) is 7.86. The fourth-order valence-corrected chi connectivity index (χ4v) is 0.965. The van der Waals surface area contributed by atoms with E-state index in [-0.39, 0.29) is 0 Å². The van der Waals surface area contributed by atoms with Gasteiger partial charge < -0.3 is 14.2 Å². The van der Waals surface area contributed by atoms with Crippen LogP contribution in [0.25, 0.3) is 0 Å². The third kappa shape index (κ3) is 1.71. The van der Waals surface area contributed by atoms with Crippen LogP contribution in [0.1, 0.15) is 0 Å². The van der Waals surface area contributed by atoms with Gasteiger partial charge in [-0.1, -0.05) is 0 Å². The number of hydrogen-bond donors (Lipinski definition) is 0. The molecule has 0 aromatic heterocycles. The molecule has 0 radical (unpaired) electrons. The second kappa shape index (κ2) is 3.91. The van der Waals surface area contributed by atoms with Crippen LogP contribution in [0.3, 0.4) is 0 Å². The van der Waals surface area contributed by atoms with Crippen LogP contribution in [0.15, 0.2) is 11.1 Å². The molecule has 0 N–H and O–H groups in total. The third-order valence-electron chi connectivity index (χ3n) is 1.62. The molecule has 0 amide bonds. The lowest BCUT2D eigenvalue weighted by atomic mass is 10.1. The summed E-state index contributed by atoms with van der Waals surface area (Å²) in [6.07, 6.45) is 0. The minimum absolute atomic E-state index is 0.741. The van der Waals surface area contributed by atoms with Crippen molar-refractivity contribution in [2.75, 3.05) is 14.2 Å². The second-order valence-corrected chi connectivity index (χ2v) is 2.41. The van der Waals surface area contributed by atoms with Crippen molar-refractivity contribution in [2.45, 2.75) is 0 Å². The van der Waals surface area contributed by atoms with E-state index in [1.165, 1.54) is 0 Å². The Morgan fingerprint density at radius 2 is 1.27 bits per heavy atom. The van der Waals surface area contributed by atoms with Gasteiger partial charge in [0.15, 0.2) is 11.1 Å². The largest absolute Gasteiger partial charge is 0.465 e. The number of esters is 4. The molecule has 0 saturated heterocycles. The lowest BCUT2D eigenvalue weighted by Gasteiger charge is -1.97. The molecule has 0 aromatic rings. The number of carbonyl (C=O) groups is 4. The summed E-state index contributed by atoms with van der Waals surface area (Å²) in [6.45, 7) is 0. The summed E-state index contributed by atoms with van der Waals surface area (Å²) in [4.78, 5) is 44.1. The number of cyclic esters (lactones) is 2. The molecule has 0 saturated carbocycles. The van der Waals surface area contributed by atoms with E-state index in [1.54, 1.807) is 0 Å². The van der Waals surface area contributed by atoms with Crippen molar-refractivity contribution < 1.29 is 33.4 Å². The Hall–Kier alpha value is -2.18. The van der Waals surface area contributed by atoms with Gasteiger partial charge in [-0.2, -0.15) is 0 Å². The first-order chi connectivity index (χ1) is 7.02. The summed E-state index contributed by atoms with van der Waals surface area (Å²) in [7, 11) is 2.00. The summed E-state index contributed by atoms with van der Waals surface area (Å²) >= 11 is 0. The maximum Gasteiger partial charge on any atom is 0.354 e. The lowest BCUT2D eigenvalue weighted by molar-refractivity contribution is -0.152. The van der Waals surface area contributed by atoms with Gasteiger partial charge in [-0.3, -0.25) is 0 Å². The van der Waals surface area contributed by atoms with Gasteiger partial charge in [-0.15, -0.1) is 0 Å². The maximum atomic E-state index is 11.1. The van der Waals surface area contributed by atoms with Crippen molar-refractivity contribution in [2.24, 2.45) is 0 Å². The monoisotopic (exact) mass is 214 g/mol. The molecule has 0 spiro atoms. The first-order valence-electron chi connectivity index (χ1n) is 3.70. The summed E-state index contributed by atoms with van der Waals surface area (Å²) < 4.78 is 12.5. The number of hydrogen-bond acceptors (Lipinski definition) is 7. The Balaban J connectivity index is 3.27. The van der Waals surface area contributed by atoms with Crippen LogP contribution in [-0.2, 0) is 33.4 Å².